The molecule has 0 unspecified atom stereocenters. The van der Waals surface area contributed by atoms with Gasteiger partial charge in [-0.1, -0.05) is 13.8 Å². The third-order valence-corrected chi connectivity index (χ3v) is 3.67. The summed E-state index contributed by atoms with van der Waals surface area (Å²) >= 11 is 0. The number of hydrogen-bond acceptors (Lipinski definition) is 4. The predicted molar refractivity (Wildman–Crippen MR) is 74.1 cm³/mol. The van der Waals surface area contributed by atoms with E-state index >= 15 is 0 Å². The number of halogens is 1. The van der Waals surface area contributed by atoms with Crippen LogP contribution >= 0.6 is 10.7 Å². The molecule has 0 bridgehead atoms. The molecular formula is C12H16ClNO4S. The standard InChI is InChI=1S/C12H16ClNO4S/c1-8(2)6-12(15)14-9-4-5-11(19(13,16)17)10(7-9)18-3/h4-5,7-8H,6H2,1-3H3,(H,14,15). The summed E-state index contributed by atoms with van der Waals surface area (Å²) in [6, 6.07) is 4.19. The average molecular weight is 306 g/mol. The first-order valence-electron chi connectivity index (χ1n) is 5.66. The van der Waals surface area contributed by atoms with E-state index in [2.05, 4.69) is 5.32 Å². The van der Waals surface area contributed by atoms with Crippen molar-refractivity contribution in [1.29, 1.82) is 0 Å². The fourth-order valence-electron chi connectivity index (χ4n) is 1.53. The van der Waals surface area contributed by atoms with Crippen molar-refractivity contribution in [2.75, 3.05) is 12.4 Å². The van der Waals surface area contributed by atoms with E-state index in [0.29, 0.717) is 12.1 Å². The Morgan fingerprint density at radius 3 is 2.53 bits per heavy atom. The Morgan fingerprint density at radius 2 is 2.05 bits per heavy atom. The first-order chi connectivity index (χ1) is 8.74. The Kier molecular flexibility index (Phi) is 5.20. The van der Waals surface area contributed by atoms with Crippen LogP contribution in [0.1, 0.15) is 20.3 Å². The summed E-state index contributed by atoms with van der Waals surface area (Å²) in [4.78, 5) is 11.5. The van der Waals surface area contributed by atoms with Crippen LogP contribution in [0.4, 0.5) is 5.69 Å². The van der Waals surface area contributed by atoms with Crippen molar-refractivity contribution in [3.8, 4) is 5.75 Å². The van der Waals surface area contributed by atoms with Crippen molar-refractivity contribution < 1.29 is 17.9 Å². The van der Waals surface area contributed by atoms with Crippen LogP contribution in [0.15, 0.2) is 23.1 Å². The molecular weight excluding hydrogens is 290 g/mol. The average Bonchev–Trinajstić information content (AvgIpc) is 2.25. The summed E-state index contributed by atoms with van der Waals surface area (Å²) in [6.45, 7) is 3.87. The summed E-state index contributed by atoms with van der Waals surface area (Å²) < 4.78 is 27.5. The summed E-state index contributed by atoms with van der Waals surface area (Å²) in [5.41, 5.74) is 0.464. The molecule has 0 saturated carbocycles. The molecule has 0 aromatic heterocycles. The number of nitrogens with one attached hydrogen (secondary N) is 1. The molecule has 0 aliphatic heterocycles. The number of carbonyl (C=O) groups excluding carboxylic acids is 1. The summed E-state index contributed by atoms with van der Waals surface area (Å²) in [5, 5.41) is 2.67. The number of rotatable bonds is 5. The van der Waals surface area contributed by atoms with Crippen molar-refractivity contribution in [1.82, 2.24) is 0 Å². The van der Waals surface area contributed by atoms with Gasteiger partial charge in [-0.3, -0.25) is 4.79 Å². The molecule has 1 aromatic rings. The Bertz CT molecular complexity index is 569. The summed E-state index contributed by atoms with van der Waals surface area (Å²) in [6.07, 6.45) is 0.387. The number of methoxy groups -OCH3 is 1. The van der Waals surface area contributed by atoms with E-state index in [1.54, 1.807) is 0 Å². The molecule has 1 rings (SSSR count). The molecule has 1 N–H and O–H groups in total. The van der Waals surface area contributed by atoms with Gasteiger partial charge in [-0.05, 0) is 18.1 Å². The predicted octanol–water partition coefficient (Wildman–Crippen LogP) is 2.61. The molecule has 0 heterocycles. The zero-order valence-electron chi connectivity index (χ0n) is 10.9. The van der Waals surface area contributed by atoms with Crippen LogP contribution in [0, 0.1) is 5.92 Å². The monoisotopic (exact) mass is 305 g/mol. The van der Waals surface area contributed by atoms with Crippen molar-refractivity contribution in [3.63, 3.8) is 0 Å². The molecule has 0 atom stereocenters. The third-order valence-electron chi connectivity index (χ3n) is 2.30. The van der Waals surface area contributed by atoms with Gasteiger partial charge >= 0.3 is 0 Å². The van der Waals surface area contributed by atoms with E-state index in [0.717, 1.165) is 0 Å². The molecule has 1 aromatic carbocycles. The Labute approximate surface area is 117 Å². The fraction of sp³-hybridized carbons (Fsp3) is 0.417. The smallest absolute Gasteiger partial charge is 0.264 e. The van der Waals surface area contributed by atoms with Crippen LogP contribution in [0.2, 0.25) is 0 Å². The number of amides is 1. The molecule has 0 saturated heterocycles. The molecule has 19 heavy (non-hydrogen) atoms. The van der Waals surface area contributed by atoms with Crippen molar-refractivity contribution in [3.05, 3.63) is 18.2 Å². The normalized spacial score (nSPS) is 11.4. The lowest BCUT2D eigenvalue weighted by Crippen LogP contribution is -2.14. The molecule has 0 aliphatic rings. The molecule has 5 nitrogen and oxygen atoms in total. The van der Waals surface area contributed by atoms with E-state index < -0.39 is 9.05 Å². The van der Waals surface area contributed by atoms with E-state index in [1.807, 2.05) is 13.8 Å². The van der Waals surface area contributed by atoms with Crippen LogP contribution in [0.3, 0.4) is 0 Å². The van der Waals surface area contributed by atoms with Crippen LogP contribution in [0.25, 0.3) is 0 Å². The number of anilines is 1. The van der Waals surface area contributed by atoms with Gasteiger partial charge in [0.05, 0.1) is 7.11 Å². The van der Waals surface area contributed by atoms with Crippen LogP contribution in [0.5, 0.6) is 5.75 Å². The highest BCUT2D eigenvalue weighted by Gasteiger charge is 2.17. The minimum atomic E-state index is -3.88. The van der Waals surface area contributed by atoms with Gasteiger partial charge in [-0.25, -0.2) is 8.42 Å². The maximum Gasteiger partial charge on any atom is 0.264 e. The number of benzene rings is 1. The van der Waals surface area contributed by atoms with Gasteiger partial charge in [0.25, 0.3) is 9.05 Å². The fourth-order valence-corrected chi connectivity index (χ4v) is 2.53. The zero-order valence-corrected chi connectivity index (χ0v) is 12.5. The van der Waals surface area contributed by atoms with Crippen LogP contribution in [-0.4, -0.2) is 21.4 Å². The lowest BCUT2D eigenvalue weighted by molar-refractivity contribution is -0.116. The minimum absolute atomic E-state index is 0.0948. The second kappa shape index (κ2) is 6.25. The molecule has 0 spiro atoms. The Balaban J connectivity index is 2.98. The Morgan fingerprint density at radius 1 is 1.42 bits per heavy atom. The highest BCUT2D eigenvalue weighted by molar-refractivity contribution is 8.13. The lowest BCUT2D eigenvalue weighted by atomic mass is 10.1. The van der Waals surface area contributed by atoms with Gasteiger partial charge < -0.3 is 10.1 Å². The number of ether oxygens (including phenoxy) is 1. The van der Waals surface area contributed by atoms with Crippen LogP contribution in [-0.2, 0) is 13.8 Å². The molecule has 0 aliphatic carbocycles. The highest BCUT2D eigenvalue weighted by atomic mass is 35.7. The highest BCUT2D eigenvalue weighted by Crippen LogP contribution is 2.29. The van der Waals surface area contributed by atoms with Gasteiger partial charge in [0.1, 0.15) is 10.6 Å². The largest absolute Gasteiger partial charge is 0.495 e. The van der Waals surface area contributed by atoms with E-state index in [1.165, 1.54) is 25.3 Å². The first kappa shape index (κ1) is 15.8. The number of carbonyl (C=O) groups is 1. The van der Waals surface area contributed by atoms with Gasteiger partial charge in [0.2, 0.25) is 5.91 Å². The van der Waals surface area contributed by atoms with Gasteiger partial charge in [-0.2, -0.15) is 0 Å². The maximum atomic E-state index is 11.6. The van der Waals surface area contributed by atoms with Crippen molar-refractivity contribution in [2.45, 2.75) is 25.2 Å². The maximum absolute atomic E-state index is 11.6. The Hall–Kier alpha value is -1.27. The van der Waals surface area contributed by atoms with E-state index in [-0.39, 0.29) is 22.5 Å². The van der Waals surface area contributed by atoms with Crippen molar-refractivity contribution in [2.24, 2.45) is 5.92 Å². The molecule has 106 valence electrons. The first-order valence-corrected chi connectivity index (χ1v) is 7.97. The molecule has 0 radical (unpaired) electrons. The second-order valence-corrected chi connectivity index (χ2v) is 6.98. The van der Waals surface area contributed by atoms with E-state index in [4.69, 9.17) is 15.4 Å². The van der Waals surface area contributed by atoms with Crippen molar-refractivity contribution >= 4 is 31.3 Å². The lowest BCUT2D eigenvalue weighted by Gasteiger charge is -2.10. The number of hydrogen-bond donors (Lipinski definition) is 1. The molecule has 1 amide bonds. The van der Waals surface area contributed by atoms with Gasteiger partial charge in [0.15, 0.2) is 0 Å². The molecule has 7 heteroatoms. The zero-order chi connectivity index (χ0) is 14.6. The molecule has 0 fully saturated rings. The van der Waals surface area contributed by atoms with Gasteiger partial charge in [-0.15, -0.1) is 0 Å². The quantitative estimate of drug-likeness (QED) is 0.849. The van der Waals surface area contributed by atoms with Gasteiger partial charge in [0, 0.05) is 28.9 Å². The summed E-state index contributed by atoms with van der Waals surface area (Å²) in [7, 11) is 2.73. The minimum Gasteiger partial charge on any atom is -0.495 e. The van der Waals surface area contributed by atoms with Crippen LogP contribution < -0.4 is 10.1 Å². The third kappa shape index (κ3) is 4.72. The topological polar surface area (TPSA) is 72.5 Å². The van der Waals surface area contributed by atoms with E-state index in [9.17, 15) is 13.2 Å². The summed E-state index contributed by atoms with van der Waals surface area (Å²) in [5.74, 6) is 0.195. The second-order valence-electron chi connectivity index (χ2n) is 4.45. The SMILES string of the molecule is COc1cc(NC(=O)CC(C)C)ccc1S(=O)(=O)Cl.